The topological polar surface area (TPSA) is 52.6 Å². The first kappa shape index (κ1) is 22.0. The van der Waals surface area contributed by atoms with Crippen LogP contribution in [0.25, 0.3) is 0 Å². The summed E-state index contributed by atoms with van der Waals surface area (Å²) in [6.45, 7) is -4.86. The van der Waals surface area contributed by atoms with Crippen molar-refractivity contribution in [3.63, 3.8) is 0 Å². The van der Waals surface area contributed by atoms with Gasteiger partial charge in [0.1, 0.15) is 0 Å². The molecule has 0 aromatic carbocycles. The summed E-state index contributed by atoms with van der Waals surface area (Å²) < 4.78 is 127. The normalized spacial score (nSPS) is 13.9. The molecule has 14 heteroatoms. The number of halogens is 10. The number of hydrogen-bond donors (Lipinski definition) is 0. The van der Waals surface area contributed by atoms with Crippen LogP contribution in [-0.4, -0.2) is 49.4 Å². The number of alkyl halides is 10. The van der Waals surface area contributed by atoms with Crippen molar-refractivity contribution in [1.29, 1.82) is 0 Å². The van der Waals surface area contributed by atoms with Gasteiger partial charge in [-0.2, -0.15) is 43.9 Å². The van der Waals surface area contributed by atoms with E-state index in [0.717, 1.165) is 0 Å². The minimum Gasteiger partial charge on any atom is -0.456 e. The van der Waals surface area contributed by atoms with Crippen LogP contribution in [0.1, 0.15) is 0 Å². The Kier molecular flexibility index (Phi) is 6.64. The Morgan fingerprint density at radius 1 is 0.625 bits per heavy atom. The molecule has 0 aliphatic rings. The molecule has 0 aliphatic heterocycles. The molecule has 0 atom stereocenters. The van der Waals surface area contributed by atoms with E-state index in [4.69, 9.17) is 0 Å². The van der Waals surface area contributed by atoms with E-state index in [1.54, 1.807) is 0 Å². The summed E-state index contributed by atoms with van der Waals surface area (Å²) >= 11 is 0. The first-order chi connectivity index (χ1) is 10.5. The Balaban J connectivity index is 4.45. The molecular formula is C10H6F10O4. The van der Waals surface area contributed by atoms with Crippen molar-refractivity contribution in [3.05, 3.63) is 12.2 Å². The molecular weight excluding hydrogens is 374 g/mol. The summed E-state index contributed by atoms with van der Waals surface area (Å²) in [6, 6.07) is 0. The maximum absolute atomic E-state index is 12.3. The number of carbonyl (C=O) groups excluding carboxylic acids is 2. The molecule has 0 amide bonds. The molecule has 0 heterocycles. The van der Waals surface area contributed by atoms with Gasteiger partial charge >= 0.3 is 36.1 Å². The minimum atomic E-state index is -6.01. The number of carbonyl (C=O) groups is 2. The third-order valence-electron chi connectivity index (χ3n) is 1.98. The second-order valence-electron chi connectivity index (χ2n) is 3.95. The van der Waals surface area contributed by atoms with E-state index < -0.39 is 49.4 Å². The fraction of sp³-hybridized carbons (Fsp3) is 0.600. The Bertz CT molecular complexity index is 447. The summed E-state index contributed by atoms with van der Waals surface area (Å²) in [5.74, 6) is -14.6. The fourth-order valence-corrected chi connectivity index (χ4v) is 0.720. The van der Waals surface area contributed by atoms with Gasteiger partial charge in [-0.05, 0) is 0 Å². The number of hydrogen-bond acceptors (Lipinski definition) is 4. The largest absolute Gasteiger partial charge is 0.456 e. The van der Waals surface area contributed by atoms with E-state index in [1.165, 1.54) is 0 Å². The van der Waals surface area contributed by atoms with Gasteiger partial charge in [-0.25, -0.2) is 9.59 Å². The maximum Gasteiger partial charge on any atom is 0.456 e. The van der Waals surface area contributed by atoms with Crippen LogP contribution < -0.4 is 0 Å². The predicted octanol–water partition coefficient (Wildman–Crippen LogP) is 3.02. The van der Waals surface area contributed by atoms with Gasteiger partial charge in [0.25, 0.3) is 0 Å². The summed E-state index contributed by atoms with van der Waals surface area (Å²) in [6.07, 6.45) is -12.2. The number of rotatable bonds is 6. The molecule has 0 saturated heterocycles. The first-order valence-electron chi connectivity index (χ1n) is 5.40. The van der Waals surface area contributed by atoms with Crippen LogP contribution in [-0.2, 0) is 19.1 Å². The fourth-order valence-electron chi connectivity index (χ4n) is 0.720. The zero-order valence-corrected chi connectivity index (χ0v) is 11.0. The highest BCUT2D eigenvalue weighted by atomic mass is 19.4. The second-order valence-corrected chi connectivity index (χ2v) is 3.95. The van der Waals surface area contributed by atoms with Crippen molar-refractivity contribution in [2.75, 3.05) is 13.2 Å². The molecule has 140 valence electrons. The zero-order chi connectivity index (χ0) is 19.4. The monoisotopic (exact) mass is 380 g/mol. The smallest absolute Gasteiger partial charge is 0.456 e. The minimum absolute atomic E-state index is 0.0967. The van der Waals surface area contributed by atoms with Crippen molar-refractivity contribution in [2.24, 2.45) is 0 Å². The summed E-state index contributed by atoms with van der Waals surface area (Å²) in [7, 11) is 0. The summed E-state index contributed by atoms with van der Waals surface area (Å²) in [5, 5.41) is 0. The molecule has 0 aromatic heterocycles. The molecule has 0 aliphatic carbocycles. The van der Waals surface area contributed by atoms with Gasteiger partial charge in [-0.1, -0.05) is 0 Å². The van der Waals surface area contributed by atoms with E-state index in [1.807, 2.05) is 0 Å². The van der Waals surface area contributed by atoms with Crippen LogP contribution in [0.4, 0.5) is 43.9 Å². The van der Waals surface area contributed by atoms with Crippen molar-refractivity contribution in [1.82, 2.24) is 0 Å². The SMILES string of the molecule is O=C(/C=C\C(=O)OCC(F)(F)C(F)(F)F)OCC(F)(F)C(F)(F)F. The zero-order valence-electron chi connectivity index (χ0n) is 11.0. The molecule has 0 bridgehead atoms. The van der Waals surface area contributed by atoms with Gasteiger partial charge in [0.15, 0.2) is 13.2 Å². The van der Waals surface area contributed by atoms with Crippen LogP contribution >= 0.6 is 0 Å². The Morgan fingerprint density at radius 3 is 1.08 bits per heavy atom. The molecule has 0 spiro atoms. The lowest BCUT2D eigenvalue weighted by atomic mass is 10.3. The van der Waals surface area contributed by atoms with E-state index in [-0.39, 0.29) is 12.2 Å². The van der Waals surface area contributed by atoms with Gasteiger partial charge in [0.05, 0.1) is 0 Å². The van der Waals surface area contributed by atoms with Crippen molar-refractivity contribution < 1.29 is 63.0 Å². The highest BCUT2D eigenvalue weighted by Gasteiger charge is 2.59. The third kappa shape index (κ3) is 6.62. The molecule has 0 fully saturated rings. The molecule has 0 rings (SSSR count). The van der Waals surface area contributed by atoms with Crippen LogP contribution in [0, 0.1) is 0 Å². The van der Waals surface area contributed by atoms with Crippen LogP contribution in [0.3, 0.4) is 0 Å². The van der Waals surface area contributed by atoms with Crippen molar-refractivity contribution in [2.45, 2.75) is 24.2 Å². The van der Waals surface area contributed by atoms with E-state index in [2.05, 4.69) is 9.47 Å². The number of ether oxygens (including phenoxy) is 2. The summed E-state index contributed by atoms with van der Waals surface area (Å²) in [4.78, 5) is 21.5. The van der Waals surface area contributed by atoms with Gasteiger partial charge < -0.3 is 9.47 Å². The Labute approximate surface area is 126 Å². The molecule has 0 aromatic rings. The van der Waals surface area contributed by atoms with E-state index in [9.17, 15) is 53.5 Å². The second kappa shape index (κ2) is 7.25. The Hall–Kier alpha value is -2.02. The maximum atomic E-state index is 12.3. The molecule has 0 saturated carbocycles. The van der Waals surface area contributed by atoms with Gasteiger partial charge in [-0.15, -0.1) is 0 Å². The molecule has 0 N–H and O–H groups in total. The molecule has 4 nitrogen and oxygen atoms in total. The van der Waals surface area contributed by atoms with Crippen LogP contribution in [0.15, 0.2) is 12.2 Å². The highest BCUT2D eigenvalue weighted by molar-refractivity contribution is 5.91. The van der Waals surface area contributed by atoms with Gasteiger partial charge in [0.2, 0.25) is 0 Å². The van der Waals surface area contributed by atoms with Gasteiger partial charge in [0, 0.05) is 12.2 Å². The summed E-state index contributed by atoms with van der Waals surface area (Å²) in [5.41, 5.74) is 0. The average Bonchev–Trinajstić information content (AvgIpc) is 2.38. The third-order valence-corrected chi connectivity index (χ3v) is 1.98. The molecule has 24 heavy (non-hydrogen) atoms. The first-order valence-corrected chi connectivity index (χ1v) is 5.40. The van der Waals surface area contributed by atoms with E-state index in [0.29, 0.717) is 0 Å². The van der Waals surface area contributed by atoms with Gasteiger partial charge in [-0.3, -0.25) is 0 Å². The van der Waals surface area contributed by atoms with E-state index >= 15 is 0 Å². The predicted molar refractivity (Wildman–Crippen MR) is 53.1 cm³/mol. The van der Waals surface area contributed by atoms with Crippen LogP contribution in [0.5, 0.6) is 0 Å². The number of esters is 2. The lowest BCUT2D eigenvalue weighted by Crippen LogP contribution is -2.41. The molecule has 0 unspecified atom stereocenters. The van der Waals surface area contributed by atoms with Crippen molar-refractivity contribution >= 4 is 11.9 Å². The quantitative estimate of drug-likeness (QED) is 0.404. The molecule has 0 radical (unpaired) electrons. The lowest BCUT2D eigenvalue weighted by Gasteiger charge is -2.18. The lowest BCUT2D eigenvalue weighted by molar-refractivity contribution is -0.294. The highest BCUT2D eigenvalue weighted by Crippen LogP contribution is 2.36. The van der Waals surface area contributed by atoms with Crippen molar-refractivity contribution in [3.8, 4) is 0 Å². The van der Waals surface area contributed by atoms with Crippen LogP contribution in [0.2, 0.25) is 0 Å². The Morgan fingerprint density at radius 2 is 0.875 bits per heavy atom. The average molecular weight is 380 g/mol. The standard InChI is InChI=1S/C10H6F10O4/c11-7(12,9(15,16)17)3-23-5(21)1-2-6(22)24-4-8(13,14)10(18,19)20/h1-2H,3-4H2/b2-1-.